The third-order valence-electron chi connectivity index (χ3n) is 6.39. The van der Waals surface area contributed by atoms with E-state index < -0.39 is 0 Å². The van der Waals surface area contributed by atoms with Gasteiger partial charge >= 0.3 is 0 Å². The topological polar surface area (TPSA) is 72.4 Å². The van der Waals surface area contributed by atoms with E-state index >= 15 is 0 Å². The fourth-order valence-electron chi connectivity index (χ4n) is 4.17. The first-order valence-corrected chi connectivity index (χ1v) is 12.3. The third-order valence-corrected chi connectivity index (χ3v) is 6.39. The Kier molecular flexibility index (Phi) is 7.74. The van der Waals surface area contributed by atoms with E-state index in [1.165, 1.54) is 15.7 Å². The lowest BCUT2D eigenvalue weighted by Gasteiger charge is -2.15. The van der Waals surface area contributed by atoms with E-state index in [4.69, 9.17) is 4.74 Å². The van der Waals surface area contributed by atoms with Crippen LogP contribution in [0.4, 0.5) is 11.4 Å². The maximum absolute atomic E-state index is 13.5. The number of hydrogen-bond acceptors (Lipinski definition) is 4. The number of pyridine rings is 1. The molecule has 0 saturated carbocycles. The minimum absolute atomic E-state index is 0.104. The van der Waals surface area contributed by atoms with E-state index in [1.807, 2.05) is 54.6 Å². The van der Waals surface area contributed by atoms with E-state index in [0.29, 0.717) is 35.0 Å². The predicted octanol–water partition coefficient (Wildman–Crippen LogP) is 5.95. The zero-order chi connectivity index (χ0) is 25.7. The second-order valence-corrected chi connectivity index (χ2v) is 9.21. The van der Waals surface area contributed by atoms with Crippen molar-refractivity contribution in [3.05, 3.63) is 99.8 Å². The van der Waals surface area contributed by atoms with E-state index in [0.717, 1.165) is 17.5 Å². The van der Waals surface area contributed by atoms with Crippen LogP contribution >= 0.6 is 0 Å². The number of nitrogens with one attached hydrogen (secondary N) is 2. The second kappa shape index (κ2) is 11.1. The standard InChI is InChI=1S/C30H33N3O3/c1-5-21-6-11-25(12-7-21)31-18-24-16-23-10-15-27(36-4)17-28(23)33(30(24)35)19-29(34)32-26-13-8-22(9-14-26)20(2)3/h6-17,20,31H,5,18-19H2,1-4H3,(H,32,34). The summed E-state index contributed by atoms with van der Waals surface area (Å²) >= 11 is 0. The molecule has 0 bridgehead atoms. The smallest absolute Gasteiger partial charge is 0.256 e. The molecule has 3 aromatic carbocycles. The van der Waals surface area contributed by atoms with Crippen molar-refractivity contribution in [1.82, 2.24) is 4.57 Å². The van der Waals surface area contributed by atoms with Crippen molar-refractivity contribution in [2.75, 3.05) is 17.7 Å². The number of carbonyl (C=O) groups excluding carboxylic acids is 1. The molecule has 6 nitrogen and oxygen atoms in total. The van der Waals surface area contributed by atoms with Gasteiger partial charge in [-0.25, -0.2) is 0 Å². The van der Waals surface area contributed by atoms with Crippen molar-refractivity contribution in [2.45, 2.75) is 46.2 Å². The Morgan fingerprint density at radius 3 is 2.28 bits per heavy atom. The molecule has 4 aromatic rings. The number of ether oxygens (including phenoxy) is 1. The lowest BCUT2D eigenvalue weighted by molar-refractivity contribution is -0.116. The van der Waals surface area contributed by atoms with Crippen LogP contribution in [0.3, 0.4) is 0 Å². The Bertz CT molecular complexity index is 1400. The van der Waals surface area contributed by atoms with Crippen LogP contribution < -0.4 is 20.9 Å². The molecule has 1 aromatic heterocycles. The van der Waals surface area contributed by atoms with Crippen molar-refractivity contribution in [2.24, 2.45) is 0 Å². The number of rotatable bonds is 9. The van der Waals surface area contributed by atoms with Crippen LogP contribution in [0.1, 0.15) is 43.4 Å². The van der Waals surface area contributed by atoms with E-state index in [9.17, 15) is 9.59 Å². The molecule has 1 amide bonds. The van der Waals surface area contributed by atoms with Crippen molar-refractivity contribution in [3.63, 3.8) is 0 Å². The summed E-state index contributed by atoms with van der Waals surface area (Å²) < 4.78 is 6.90. The van der Waals surface area contributed by atoms with Crippen LogP contribution in [-0.2, 0) is 24.3 Å². The number of benzene rings is 3. The molecule has 0 saturated heterocycles. The molecular weight excluding hydrogens is 450 g/mol. The summed E-state index contributed by atoms with van der Waals surface area (Å²) in [6, 6.07) is 23.4. The van der Waals surface area contributed by atoms with Gasteiger partial charge < -0.3 is 15.4 Å². The molecule has 0 unspecified atom stereocenters. The summed E-state index contributed by atoms with van der Waals surface area (Å²) in [6.45, 7) is 6.62. The summed E-state index contributed by atoms with van der Waals surface area (Å²) in [5.74, 6) is 0.775. The fourth-order valence-corrected chi connectivity index (χ4v) is 4.17. The first-order chi connectivity index (χ1) is 17.4. The Morgan fingerprint density at radius 1 is 0.944 bits per heavy atom. The van der Waals surface area contributed by atoms with Crippen LogP contribution in [0.25, 0.3) is 10.9 Å². The lowest BCUT2D eigenvalue weighted by Crippen LogP contribution is -2.30. The number of fused-ring (bicyclic) bond motifs is 1. The molecular formula is C30H33N3O3. The second-order valence-electron chi connectivity index (χ2n) is 9.21. The lowest BCUT2D eigenvalue weighted by atomic mass is 10.0. The highest BCUT2D eigenvalue weighted by Gasteiger charge is 2.14. The van der Waals surface area contributed by atoms with Gasteiger partial charge in [0.1, 0.15) is 12.3 Å². The zero-order valence-electron chi connectivity index (χ0n) is 21.3. The minimum atomic E-state index is -0.265. The quantitative estimate of drug-likeness (QED) is 0.309. The molecule has 0 aliphatic heterocycles. The molecule has 6 heteroatoms. The monoisotopic (exact) mass is 483 g/mol. The number of amides is 1. The van der Waals surface area contributed by atoms with E-state index in [2.05, 4.69) is 43.5 Å². The highest BCUT2D eigenvalue weighted by molar-refractivity contribution is 5.92. The van der Waals surface area contributed by atoms with Gasteiger partial charge in [0.2, 0.25) is 5.91 Å². The summed E-state index contributed by atoms with van der Waals surface area (Å²) in [4.78, 5) is 26.5. The molecule has 0 spiro atoms. The fraction of sp³-hybridized carbons (Fsp3) is 0.267. The number of aryl methyl sites for hydroxylation is 1. The summed E-state index contributed by atoms with van der Waals surface area (Å²) in [5, 5.41) is 7.12. The third kappa shape index (κ3) is 5.77. The number of methoxy groups -OCH3 is 1. The maximum Gasteiger partial charge on any atom is 0.256 e. The minimum Gasteiger partial charge on any atom is -0.497 e. The maximum atomic E-state index is 13.5. The first-order valence-electron chi connectivity index (χ1n) is 12.3. The molecule has 0 aliphatic carbocycles. The SMILES string of the molecule is CCc1ccc(NCc2cc3ccc(OC)cc3n(CC(=O)Nc3ccc(C(C)C)cc3)c2=O)cc1. The van der Waals surface area contributed by atoms with Crippen molar-refractivity contribution in [3.8, 4) is 5.75 Å². The predicted molar refractivity (Wildman–Crippen MR) is 147 cm³/mol. The normalized spacial score (nSPS) is 11.0. The summed E-state index contributed by atoms with van der Waals surface area (Å²) in [6.07, 6.45) is 0.975. The Labute approximate surface area is 211 Å². The highest BCUT2D eigenvalue weighted by atomic mass is 16.5. The average molecular weight is 484 g/mol. The van der Waals surface area contributed by atoms with Gasteiger partial charge in [0, 0.05) is 29.5 Å². The van der Waals surface area contributed by atoms with Gasteiger partial charge in [0.05, 0.1) is 12.6 Å². The van der Waals surface area contributed by atoms with Crippen molar-refractivity contribution in [1.29, 1.82) is 0 Å². The molecule has 4 rings (SSSR count). The molecule has 0 radical (unpaired) electrons. The van der Waals surface area contributed by atoms with Gasteiger partial charge in [-0.15, -0.1) is 0 Å². The number of anilines is 2. The van der Waals surface area contributed by atoms with Gasteiger partial charge in [0.15, 0.2) is 0 Å². The number of nitrogens with zero attached hydrogens (tertiary/aromatic N) is 1. The Balaban J connectivity index is 1.61. The van der Waals surface area contributed by atoms with Crippen LogP contribution in [0, 0.1) is 0 Å². The molecule has 2 N–H and O–H groups in total. The van der Waals surface area contributed by atoms with Gasteiger partial charge in [0.25, 0.3) is 5.56 Å². The van der Waals surface area contributed by atoms with Crippen molar-refractivity contribution >= 4 is 28.2 Å². The number of hydrogen-bond donors (Lipinski definition) is 2. The van der Waals surface area contributed by atoms with E-state index in [1.54, 1.807) is 13.2 Å². The van der Waals surface area contributed by atoms with Crippen LogP contribution in [-0.4, -0.2) is 17.6 Å². The van der Waals surface area contributed by atoms with E-state index in [-0.39, 0.29) is 18.0 Å². The summed E-state index contributed by atoms with van der Waals surface area (Å²) in [7, 11) is 1.58. The zero-order valence-corrected chi connectivity index (χ0v) is 21.3. The van der Waals surface area contributed by atoms with Gasteiger partial charge in [-0.05, 0) is 71.3 Å². The molecule has 0 aliphatic rings. The van der Waals surface area contributed by atoms with Crippen LogP contribution in [0.2, 0.25) is 0 Å². The molecule has 1 heterocycles. The Morgan fingerprint density at radius 2 is 1.64 bits per heavy atom. The summed E-state index contributed by atoms with van der Waals surface area (Å²) in [5.41, 5.74) is 5.13. The molecule has 186 valence electrons. The number of aromatic nitrogens is 1. The van der Waals surface area contributed by atoms with Crippen LogP contribution in [0.15, 0.2) is 77.6 Å². The van der Waals surface area contributed by atoms with Crippen molar-refractivity contribution < 1.29 is 9.53 Å². The first kappa shape index (κ1) is 25.0. The van der Waals surface area contributed by atoms with Gasteiger partial charge in [-0.1, -0.05) is 45.0 Å². The average Bonchev–Trinajstić information content (AvgIpc) is 2.89. The Hall–Kier alpha value is -4.06. The molecule has 0 fully saturated rings. The molecule has 36 heavy (non-hydrogen) atoms. The van der Waals surface area contributed by atoms with Gasteiger partial charge in [-0.3, -0.25) is 14.2 Å². The van der Waals surface area contributed by atoms with Gasteiger partial charge in [-0.2, -0.15) is 0 Å². The highest BCUT2D eigenvalue weighted by Crippen LogP contribution is 2.22. The molecule has 0 atom stereocenters. The van der Waals surface area contributed by atoms with Crippen LogP contribution in [0.5, 0.6) is 5.75 Å². The number of carbonyl (C=O) groups is 1. The largest absolute Gasteiger partial charge is 0.497 e.